The first-order chi connectivity index (χ1) is 11.7. The summed E-state index contributed by atoms with van der Waals surface area (Å²) >= 11 is 0. The molecule has 1 N–H and O–H groups in total. The Bertz CT molecular complexity index is 1020. The second-order valence-electron chi connectivity index (χ2n) is 5.38. The Labute approximate surface area is 137 Å². The molecule has 0 radical (unpaired) electrons. The lowest BCUT2D eigenvalue weighted by atomic mass is 10.1. The van der Waals surface area contributed by atoms with Gasteiger partial charge in [-0.25, -0.2) is 4.98 Å². The minimum absolute atomic E-state index is 0.130. The summed E-state index contributed by atoms with van der Waals surface area (Å²) in [5.74, 6) is 1.17. The number of aryl methyl sites for hydroxylation is 1. The fourth-order valence-corrected chi connectivity index (χ4v) is 2.56. The highest BCUT2D eigenvalue weighted by molar-refractivity contribution is 5.79. The number of ether oxygens (including phenoxy) is 1. The fraction of sp³-hybridized carbons (Fsp3) is 0.118. The standard InChI is InChI=1S/C17H14N4O3/c1-10-5-11(21-8-18-19-9-21)6-13(16(10)22)17-20-14-7-12(23-2)3-4-15(14)24-17/h3-9,22H,1-2H3. The van der Waals surface area contributed by atoms with Gasteiger partial charge in [-0.15, -0.1) is 10.2 Å². The average molecular weight is 322 g/mol. The third-order valence-electron chi connectivity index (χ3n) is 3.83. The fourth-order valence-electron chi connectivity index (χ4n) is 2.56. The Hall–Kier alpha value is -3.35. The number of fused-ring (bicyclic) bond motifs is 1. The molecule has 0 unspecified atom stereocenters. The molecule has 4 aromatic rings. The summed E-state index contributed by atoms with van der Waals surface area (Å²) in [6, 6.07) is 9.01. The Balaban J connectivity index is 1.89. The number of aromatic nitrogens is 4. The predicted octanol–water partition coefficient (Wildman–Crippen LogP) is 3.10. The Morgan fingerprint density at radius 2 is 1.92 bits per heavy atom. The second-order valence-corrected chi connectivity index (χ2v) is 5.38. The third kappa shape index (κ3) is 2.26. The van der Waals surface area contributed by atoms with Gasteiger partial charge in [0.05, 0.1) is 12.7 Å². The lowest BCUT2D eigenvalue weighted by molar-refractivity contribution is 0.415. The van der Waals surface area contributed by atoms with E-state index in [1.54, 1.807) is 48.6 Å². The van der Waals surface area contributed by atoms with Crippen LogP contribution in [0, 0.1) is 6.92 Å². The number of benzene rings is 2. The molecule has 0 bridgehead atoms. The van der Waals surface area contributed by atoms with Crippen LogP contribution in [0.15, 0.2) is 47.4 Å². The molecule has 7 heteroatoms. The molecule has 0 atom stereocenters. The molecule has 0 amide bonds. The Morgan fingerprint density at radius 1 is 1.12 bits per heavy atom. The number of aromatic hydroxyl groups is 1. The number of phenols is 1. The molecule has 0 saturated carbocycles. The van der Waals surface area contributed by atoms with Crippen molar-refractivity contribution in [3.63, 3.8) is 0 Å². The van der Waals surface area contributed by atoms with E-state index in [1.807, 2.05) is 13.0 Å². The van der Waals surface area contributed by atoms with Crippen molar-refractivity contribution in [1.29, 1.82) is 0 Å². The van der Waals surface area contributed by atoms with E-state index >= 15 is 0 Å². The van der Waals surface area contributed by atoms with Gasteiger partial charge in [0.2, 0.25) is 5.89 Å². The van der Waals surface area contributed by atoms with Crippen molar-refractivity contribution in [3.8, 4) is 28.6 Å². The predicted molar refractivity (Wildman–Crippen MR) is 87.3 cm³/mol. The maximum atomic E-state index is 10.4. The maximum Gasteiger partial charge on any atom is 0.231 e. The van der Waals surface area contributed by atoms with Crippen molar-refractivity contribution < 1.29 is 14.3 Å². The van der Waals surface area contributed by atoms with E-state index in [9.17, 15) is 5.11 Å². The van der Waals surface area contributed by atoms with Crippen LogP contribution in [-0.2, 0) is 0 Å². The van der Waals surface area contributed by atoms with E-state index in [1.165, 1.54) is 0 Å². The van der Waals surface area contributed by atoms with Crippen LogP contribution in [0.5, 0.6) is 11.5 Å². The van der Waals surface area contributed by atoms with Crippen molar-refractivity contribution in [3.05, 3.63) is 48.5 Å². The van der Waals surface area contributed by atoms with Crippen LogP contribution in [0.4, 0.5) is 0 Å². The highest BCUT2D eigenvalue weighted by Gasteiger charge is 2.16. The molecule has 2 heterocycles. The van der Waals surface area contributed by atoms with E-state index in [2.05, 4.69) is 15.2 Å². The van der Waals surface area contributed by atoms with Gasteiger partial charge in [0.1, 0.15) is 29.7 Å². The molecular formula is C17H14N4O3. The second kappa shape index (κ2) is 5.38. The molecule has 0 aliphatic carbocycles. The van der Waals surface area contributed by atoms with Gasteiger partial charge in [0.15, 0.2) is 5.58 Å². The summed E-state index contributed by atoms with van der Waals surface area (Å²) in [5.41, 5.74) is 3.31. The van der Waals surface area contributed by atoms with Crippen molar-refractivity contribution in [1.82, 2.24) is 19.7 Å². The number of phenolic OH excluding ortho intramolecular Hbond substituents is 1. The lowest BCUT2D eigenvalue weighted by Gasteiger charge is -2.08. The molecule has 120 valence electrons. The minimum atomic E-state index is 0.130. The van der Waals surface area contributed by atoms with E-state index in [-0.39, 0.29) is 5.75 Å². The molecule has 24 heavy (non-hydrogen) atoms. The van der Waals surface area contributed by atoms with Gasteiger partial charge in [0, 0.05) is 11.8 Å². The number of hydrogen-bond donors (Lipinski definition) is 1. The molecule has 0 spiro atoms. The van der Waals surface area contributed by atoms with E-state index in [4.69, 9.17) is 9.15 Å². The number of nitrogens with zero attached hydrogens (tertiary/aromatic N) is 4. The van der Waals surface area contributed by atoms with E-state index < -0.39 is 0 Å². The molecule has 0 aliphatic heterocycles. The van der Waals surface area contributed by atoms with Crippen molar-refractivity contribution in [2.24, 2.45) is 0 Å². The van der Waals surface area contributed by atoms with Crippen LogP contribution in [-0.4, -0.2) is 32.0 Å². The van der Waals surface area contributed by atoms with Crippen molar-refractivity contribution in [2.45, 2.75) is 6.92 Å². The quantitative estimate of drug-likeness (QED) is 0.624. The highest BCUT2D eigenvalue weighted by Crippen LogP contribution is 2.36. The summed E-state index contributed by atoms with van der Waals surface area (Å²) in [7, 11) is 1.60. The number of methoxy groups -OCH3 is 1. The van der Waals surface area contributed by atoms with E-state index in [0.717, 1.165) is 5.69 Å². The maximum absolute atomic E-state index is 10.4. The monoisotopic (exact) mass is 322 g/mol. The summed E-state index contributed by atoms with van der Waals surface area (Å²) in [4.78, 5) is 4.47. The Kier molecular flexibility index (Phi) is 3.19. The SMILES string of the molecule is COc1ccc2oc(-c3cc(-n4cnnc4)cc(C)c3O)nc2c1. The summed E-state index contributed by atoms with van der Waals surface area (Å²) in [6.07, 6.45) is 3.18. The Morgan fingerprint density at radius 3 is 2.67 bits per heavy atom. The summed E-state index contributed by atoms with van der Waals surface area (Å²) in [5, 5.41) is 18.0. The molecule has 0 aliphatic rings. The zero-order valence-electron chi connectivity index (χ0n) is 13.1. The van der Waals surface area contributed by atoms with Crippen LogP contribution in [0.25, 0.3) is 28.2 Å². The molecule has 7 nitrogen and oxygen atoms in total. The molecule has 4 rings (SSSR count). The first kappa shape index (κ1) is 14.3. The van der Waals surface area contributed by atoms with Crippen LogP contribution in [0.2, 0.25) is 0 Å². The van der Waals surface area contributed by atoms with E-state index in [0.29, 0.717) is 33.9 Å². The van der Waals surface area contributed by atoms with Gasteiger partial charge in [-0.05, 0) is 36.8 Å². The minimum Gasteiger partial charge on any atom is -0.507 e. The van der Waals surface area contributed by atoms with Crippen LogP contribution >= 0.6 is 0 Å². The number of hydrogen-bond acceptors (Lipinski definition) is 6. The third-order valence-corrected chi connectivity index (χ3v) is 3.83. The topological polar surface area (TPSA) is 86.2 Å². The zero-order chi connectivity index (χ0) is 16.7. The smallest absolute Gasteiger partial charge is 0.231 e. The summed E-state index contributed by atoms with van der Waals surface area (Å²) in [6.45, 7) is 1.82. The zero-order valence-corrected chi connectivity index (χ0v) is 13.1. The van der Waals surface area contributed by atoms with Crippen molar-refractivity contribution >= 4 is 11.1 Å². The van der Waals surface area contributed by atoms with Crippen LogP contribution < -0.4 is 4.74 Å². The normalized spacial score (nSPS) is 11.1. The van der Waals surface area contributed by atoms with Gasteiger partial charge in [-0.2, -0.15) is 0 Å². The van der Waals surface area contributed by atoms with Crippen LogP contribution in [0.1, 0.15) is 5.56 Å². The summed E-state index contributed by atoms with van der Waals surface area (Å²) < 4.78 is 12.7. The number of oxazole rings is 1. The molecular weight excluding hydrogens is 308 g/mol. The highest BCUT2D eigenvalue weighted by atomic mass is 16.5. The van der Waals surface area contributed by atoms with Crippen LogP contribution in [0.3, 0.4) is 0 Å². The number of rotatable bonds is 3. The average Bonchev–Trinajstić information content (AvgIpc) is 3.25. The van der Waals surface area contributed by atoms with Gasteiger partial charge in [0.25, 0.3) is 0 Å². The molecule has 0 fully saturated rings. The molecule has 2 aromatic carbocycles. The van der Waals surface area contributed by atoms with Gasteiger partial charge < -0.3 is 14.3 Å². The molecule has 0 saturated heterocycles. The van der Waals surface area contributed by atoms with Crippen molar-refractivity contribution in [2.75, 3.05) is 7.11 Å². The van der Waals surface area contributed by atoms with Gasteiger partial charge in [-0.3, -0.25) is 4.57 Å². The van der Waals surface area contributed by atoms with Gasteiger partial charge in [-0.1, -0.05) is 0 Å². The lowest BCUT2D eigenvalue weighted by Crippen LogP contribution is -1.93. The largest absolute Gasteiger partial charge is 0.507 e. The first-order valence-electron chi connectivity index (χ1n) is 7.29. The van der Waals surface area contributed by atoms with Gasteiger partial charge >= 0.3 is 0 Å². The molecule has 2 aromatic heterocycles. The first-order valence-corrected chi connectivity index (χ1v) is 7.29.